The number of rotatable bonds is 2. The Kier molecular flexibility index (Phi) is 3.33. The third-order valence-electron chi connectivity index (χ3n) is 1.74. The van der Waals surface area contributed by atoms with E-state index in [0.717, 1.165) is 19.2 Å². The Hall–Kier alpha value is -1.11. The molecule has 0 heterocycles. The summed E-state index contributed by atoms with van der Waals surface area (Å²) in [5.41, 5.74) is -1.01. The fourth-order valence-corrected chi connectivity index (χ4v) is 1.35. The summed E-state index contributed by atoms with van der Waals surface area (Å²) in [7, 11) is 1.10. The molecule has 0 aliphatic rings. The Balaban J connectivity index is 3.23. The standard InChI is InChI=1S/C8H7BF3O2S/c1-14-8(13)5-2-6(9(10,11)12)4-7(15)3-5/h2-4,15H,1H3/q-1. The highest BCUT2D eigenvalue weighted by atomic mass is 32.1. The second kappa shape index (κ2) is 4.18. The summed E-state index contributed by atoms with van der Waals surface area (Å²) < 4.78 is 41.5. The summed E-state index contributed by atoms with van der Waals surface area (Å²) in [4.78, 5) is 11.1. The zero-order valence-corrected chi connectivity index (χ0v) is 8.60. The van der Waals surface area contributed by atoms with E-state index in [1.54, 1.807) is 0 Å². The number of thiol groups is 1. The van der Waals surface area contributed by atoms with Crippen LogP contribution < -0.4 is 5.46 Å². The van der Waals surface area contributed by atoms with E-state index in [1.165, 1.54) is 6.07 Å². The van der Waals surface area contributed by atoms with Gasteiger partial charge < -0.3 is 17.7 Å². The van der Waals surface area contributed by atoms with Crippen LogP contribution in [-0.4, -0.2) is 20.1 Å². The van der Waals surface area contributed by atoms with Crippen molar-refractivity contribution in [3.63, 3.8) is 0 Å². The highest BCUT2D eigenvalue weighted by Gasteiger charge is 2.26. The fraction of sp³-hybridized carbons (Fsp3) is 0.125. The molecule has 0 bridgehead atoms. The lowest BCUT2D eigenvalue weighted by Crippen LogP contribution is -2.34. The summed E-state index contributed by atoms with van der Waals surface area (Å²) >= 11 is 3.79. The van der Waals surface area contributed by atoms with Crippen LogP contribution in [0.25, 0.3) is 0 Å². The van der Waals surface area contributed by atoms with Gasteiger partial charge in [0.05, 0.1) is 12.7 Å². The van der Waals surface area contributed by atoms with Gasteiger partial charge in [0.25, 0.3) is 0 Å². The molecule has 0 spiro atoms. The second-order valence-corrected chi connectivity index (χ2v) is 3.40. The number of halogens is 3. The van der Waals surface area contributed by atoms with Crippen LogP contribution in [0, 0.1) is 0 Å². The van der Waals surface area contributed by atoms with Gasteiger partial charge in [0.1, 0.15) is 0 Å². The Morgan fingerprint density at radius 3 is 2.40 bits per heavy atom. The van der Waals surface area contributed by atoms with Crippen molar-refractivity contribution < 1.29 is 22.5 Å². The molecule has 0 aromatic heterocycles. The summed E-state index contributed by atoms with van der Waals surface area (Å²) in [5, 5.41) is 0. The molecule has 0 saturated carbocycles. The number of hydrogen-bond acceptors (Lipinski definition) is 3. The van der Waals surface area contributed by atoms with Crippen LogP contribution in [0.3, 0.4) is 0 Å². The number of methoxy groups -OCH3 is 1. The van der Waals surface area contributed by atoms with Gasteiger partial charge in [0.15, 0.2) is 0 Å². The summed E-state index contributed by atoms with van der Waals surface area (Å²) in [5.74, 6) is -0.813. The molecule has 15 heavy (non-hydrogen) atoms. The summed E-state index contributed by atoms with van der Waals surface area (Å²) in [6, 6.07) is 2.85. The molecule has 0 radical (unpaired) electrons. The Bertz CT molecular complexity index is 392. The van der Waals surface area contributed by atoms with Crippen LogP contribution in [0.1, 0.15) is 10.4 Å². The molecule has 1 aromatic carbocycles. The highest BCUT2D eigenvalue weighted by molar-refractivity contribution is 7.80. The minimum atomic E-state index is -5.13. The first-order valence-electron chi connectivity index (χ1n) is 3.97. The van der Waals surface area contributed by atoms with Crippen molar-refractivity contribution >= 4 is 31.0 Å². The number of ether oxygens (including phenoxy) is 1. The van der Waals surface area contributed by atoms with E-state index in [0.29, 0.717) is 0 Å². The van der Waals surface area contributed by atoms with Crippen LogP contribution in [0.15, 0.2) is 23.1 Å². The van der Waals surface area contributed by atoms with Crippen molar-refractivity contribution in [3.8, 4) is 0 Å². The SMILES string of the molecule is COC(=O)c1cc(S)cc([B-](F)(F)F)c1. The maximum atomic E-state index is 12.4. The van der Waals surface area contributed by atoms with Crippen molar-refractivity contribution in [2.24, 2.45) is 0 Å². The first kappa shape index (κ1) is 12.0. The lowest BCUT2D eigenvalue weighted by Gasteiger charge is -2.16. The van der Waals surface area contributed by atoms with Crippen molar-refractivity contribution in [3.05, 3.63) is 23.8 Å². The smallest absolute Gasteiger partial charge is 0.465 e. The molecular weight excluding hydrogens is 228 g/mol. The molecule has 2 nitrogen and oxygen atoms in total. The largest absolute Gasteiger partial charge is 0.509 e. The van der Waals surface area contributed by atoms with Crippen molar-refractivity contribution in [2.75, 3.05) is 7.11 Å². The highest BCUT2D eigenvalue weighted by Crippen LogP contribution is 2.15. The second-order valence-electron chi connectivity index (χ2n) is 2.88. The van der Waals surface area contributed by atoms with Crippen LogP contribution in [0.5, 0.6) is 0 Å². The van der Waals surface area contributed by atoms with Crippen molar-refractivity contribution in [1.29, 1.82) is 0 Å². The van der Waals surface area contributed by atoms with Crippen LogP contribution in [-0.2, 0) is 4.74 Å². The molecule has 0 fully saturated rings. The minimum Gasteiger partial charge on any atom is -0.465 e. The number of hydrogen-bond donors (Lipinski definition) is 1. The van der Waals surface area contributed by atoms with Crippen molar-refractivity contribution in [1.82, 2.24) is 0 Å². The quantitative estimate of drug-likeness (QED) is 0.480. The molecule has 0 N–H and O–H groups in total. The summed E-state index contributed by atoms with van der Waals surface area (Å²) in [6.07, 6.45) is 0. The molecule has 0 saturated heterocycles. The van der Waals surface area contributed by atoms with Gasteiger partial charge in [-0.3, -0.25) is 0 Å². The van der Waals surface area contributed by atoms with Crippen LogP contribution in [0.2, 0.25) is 0 Å². The van der Waals surface area contributed by atoms with E-state index >= 15 is 0 Å². The maximum Gasteiger partial charge on any atom is 0.509 e. The Morgan fingerprint density at radius 2 is 1.93 bits per heavy atom. The van der Waals surface area contributed by atoms with E-state index in [4.69, 9.17) is 0 Å². The molecule has 1 aromatic rings. The zero-order chi connectivity index (χ0) is 11.6. The van der Waals surface area contributed by atoms with Crippen LogP contribution in [0.4, 0.5) is 12.9 Å². The molecule has 0 unspecified atom stereocenters. The number of carbonyl (C=O) groups excluding carboxylic acids is 1. The number of esters is 1. The zero-order valence-electron chi connectivity index (χ0n) is 7.71. The van der Waals surface area contributed by atoms with Crippen molar-refractivity contribution in [2.45, 2.75) is 4.90 Å². The molecule has 1 rings (SSSR count). The molecule has 7 heteroatoms. The molecule has 0 aliphatic carbocycles. The molecule has 82 valence electrons. The van der Waals surface area contributed by atoms with E-state index in [1.807, 2.05) is 0 Å². The van der Waals surface area contributed by atoms with Crippen LogP contribution >= 0.6 is 12.6 Å². The van der Waals surface area contributed by atoms with Gasteiger partial charge in [-0.2, -0.15) is 0 Å². The molecule has 0 amide bonds. The Morgan fingerprint density at radius 1 is 1.33 bits per heavy atom. The third kappa shape index (κ3) is 2.92. The van der Waals surface area contributed by atoms with E-state index < -0.39 is 18.4 Å². The molecular formula is C8H7BF3O2S-. The van der Waals surface area contributed by atoms with Gasteiger partial charge in [0, 0.05) is 4.90 Å². The number of carbonyl (C=O) groups is 1. The number of benzene rings is 1. The molecule has 0 atom stereocenters. The average Bonchev–Trinajstić information content (AvgIpc) is 2.14. The van der Waals surface area contributed by atoms with Gasteiger partial charge in [-0.15, -0.1) is 18.1 Å². The Labute approximate surface area is 89.9 Å². The fourth-order valence-electron chi connectivity index (χ4n) is 1.06. The third-order valence-corrected chi connectivity index (χ3v) is 2.00. The minimum absolute atomic E-state index is 0.0760. The predicted octanol–water partition coefficient (Wildman–Crippen LogP) is 1.82. The van der Waals surface area contributed by atoms with Gasteiger partial charge >= 0.3 is 12.9 Å². The van der Waals surface area contributed by atoms with Gasteiger partial charge in [0.2, 0.25) is 0 Å². The van der Waals surface area contributed by atoms with E-state index in [9.17, 15) is 17.7 Å². The lowest BCUT2D eigenvalue weighted by atomic mass is 9.79. The average molecular weight is 235 g/mol. The van der Waals surface area contributed by atoms with Gasteiger partial charge in [-0.05, 0) is 6.07 Å². The maximum absolute atomic E-state index is 12.4. The molecule has 0 aliphatic heterocycles. The van der Waals surface area contributed by atoms with Gasteiger partial charge in [-0.1, -0.05) is 12.1 Å². The van der Waals surface area contributed by atoms with Gasteiger partial charge in [-0.25, -0.2) is 4.79 Å². The first-order valence-corrected chi connectivity index (χ1v) is 4.41. The normalized spacial score (nSPS) is 11.3. The monoisotopic (exact) mass is 235 g/mol. The van der Waals surface area contributed by atoms with E-state index in [-0.39, 0.29) is 10.5 Å². The summed E-state index contributed by atoms with van der Waals surface area (Å²) in [6.45, 7) is -5.13. The first-order chi connectivity index (χ1) is 6.84. The predicted molar refractivity (Wildman–Crippen MR) is 53.7 cm³/mol. The van der Waals surface area contributed by atoms with E-state index in [2.05, 4.69) is 17.4 Å². The topological polar surface area (TPSA) is 26.3 Å². The lowest BCUT2D eigenvalue weighted by molar-refractivity contribution is 0.0600.